The number of hydrogen-bond acceptors (Lipinski definition) is 4. The molecule has 2 N–H and O–H groups in total. The third-order valence-corrected chi connectivity index (χ3v) is 4.13. The molecule has 0 aromatic carbocycles. The molecule has 0 saturated carbocycles. The topological polar surface area (TPSA) is 38.9 Å². The zero-order chi connectivity index (χ0) is 9.97. The second-order valence-corrected chi connectivity index (χ2v) is 6.20. The number of nitrogens with zero attached hydrogens (tertiary/aromatic N) is 1. The van der Waals surface area contributed by atoms with Gasteiger partial charge in [-0.2, -0.15) is 0 Å². The first-order valence-electron chi connectivity index (χ1n) is 4.13. The van der Waals surface area contributed by atoms with Crippen LogP contribution in [0.25, 0.3) is 0 Å². The van der Waals surface area contributed by atoms with Gasteiger partial charge in [0, 0.05) is 16.7 Å². The highest BCUT2D eigenvalue weighted by Crippen LogP contribution is 2.25. The SMILES string of the molecule is NC(Cc1ccc(Br)s1)c1cscn1. The van der Waals surface area contributed by atoms with E-state index < -0.39 is 0 Å². The molecule has 14 heavy (non-hydrogen) atoms. The van der Waals surface area contributed by atoms with Gasteiger partial charge in [0.05, 0.1) is 21.0 Å². The maximum Gasteiger partial charge on any atom is 0.0795 e. The molecule has 2 heterocycles. The molecule has 1 atom stereocenters. The van der Waals surface area contributed by atoms with Crippen molar-refractivity contribution in [3.63, 3.8) is 0 Å². The van der Waals surface area contributed by atoms with E-state index in [2.05, 4.69) is 27.0 Å². The van der Waals surface area contributed by atoms with E-state index >= 15 is 0 Å². The average molecular weight is 289 g/mol. The Morgan fingerprint density at radius 3 is 2.93 bits per heavy atom. The highest BCUT2D eigenvalue weighted by atomic mass is 79.9. The van der Waals surface area contributed by atoms with Crippen LogP contribution in [0.1, 0.15) is 16.6 Å². The van der Waals surface area contributed by atoms with Gasteiger partial charge in [0.2, 0.25) is 0 Å². The van der Waals surface area contributed by atoms with Crippen LogP contribution in [0.15, 0.2) is 26.8 Å². The van der Waals surface area contributed by atoms with E-state index in [1.54, 1.807) is 22.7 Å². The summed E-state index contributed by atoms with van der Waals surface area (Å²) in [4.78, 5) is 5.49. The summed E-state index contributed by atoms with van der Waals surface area (Å²) in [6.45, 7) is 0. The number of nitrogens with two attached hydrogens (primary N) is 1. The molecule has 2 aromatic rings. The maximum atomic E-state index is 6.02. The molecule has 2 nitrogen and oxygen atoms in total. The summed E-state index contributed by atoms with van der Waals surface area (Å²) in [5.74, 6) is 0. The standard InChI is InChI=1S/C9H9BrN2S2/c10-9-2-1-6(14-9)3-7(11)8-4-13-5-12-8/h1-2,4-5,7H,3,11H2. The van der Waals surface area contributed by atoms with E-state index in [9.17, 15) is 0 Å². The predicted octanol–water partition coefficient (Wildman–Crippen LogP) is 3.21. The van der Waals surface area contributed by atoms with Crippen molar-refractivity contribution in [3.05, 3.63) is 37.4 Å². The van der Waals surface area contributed by atoms with Crippen LogP contribution in [-0.4, -0.2) is 4.98 Å². The molecule has 0 aliphatic heterocycles. The maximum absolute atomic E-state index is 6.02. The highest BCUT2D eigenvalue weighted by Gasteiger charge is 2.09. The number of rotatable bonds is 3. The van der Waals surface area contributed by atoms with Gasteiger partial charge in [0.15, 0.2) is 0 Å². The van der Waals surface area contributed by atoms with Crippen molar-refractivity contribution in [3.8, 4) is 0 Å². The van der Waals surface area contributed by atoms with Crippen LogP contribution >= 0.6 is 38.6 Å². The van der Waals surface area contributed by atoms with Crippen molar-refractivity contribution in [2.45, 2.75) is 12.5 Å². The third kappa shape index (κ3) is 2.42. The zero-order valence-electron chi connectivity index (χ0n) is 7.31. The molecule has 2 rings (SSSR count). The minimum Gasteiger partial charge on any atom is -0.322 e. The lowest BCUT2D eigenvalue weighted by Gasteiger charge is -2.05. The molecule has 0 saturated heterocycles. The molecule has 0 aliphatic carbocycles. The van der Waals surface area contributed by atoms with E-state index in [0.717, 1.165) is 15.9 Å². The van der Waals surface area contributed by atoms with Gasteiger partial charge in [-0.15, -0.1) is 22.7 Å². The molecule has 74 valence electrons. The van der Waals surface area contributed by atoms with Gasteiger partial charge in [-0.3, -0.25) is 0 Å². The van der Waals surface area contributed by atoms with E-state index in [-0.39, 0.29) is 6.04 Å². The lowest BCUT2D eigenvalue weighted by Crippen LogP contribution is -2.12. The van der Waals surface area contributed by atoms with Crippen LogP contribution in [0.5, 0.6) is 0 Å². The molecule has 0 fully saturated rings. The first-order valence-corrected chi connectivity index (χ1v) is 6.69. The molecule has 2 aromatic heterocycles. The Morgan fingerprint density at radius 2 is 2.36 bits per heavy atom. The van der Waals surface area contributed by atoms with Crippen LogP contribution in [0, 0.1) is 0 Å². The first-order chi connectivity index (χ1) is 6.75. The Labute approximate surface area is 98.9 Å². The van der Waals surface area contributed by atoms with Gasteiger partial charge in [-0.05, 0) is 28.1 Å². The van der Waals surface area contributed by atoms with Gasteiger partial charge < -0.3 is 5.73 Å². The molecular formula is C9H9BrN2S2. The number of halogens is 1. The number of aromatic nitrogens is 1. The molecule has 0 aliphatic rings. The lowest BCUT2D eigenvalue weighted by atomic mass is 10.1. The molecular weight excluding hydrogens is 280 g/mol. The monoisotopic (exact) mass is 288 g/mol. The van der Waals surface area contributed by atoms with Crippen LogP contribution in [0.4, 0.5) is 0 Å². The summed E-state index contributed by atoms with van der Waals surface area (Å²) in [7, 11) is 0. The molecule has 0 radical (unpaired) electrons. The number of thiophene rings is 1. The molecule has 0 bridgehead atoms. The summed E-state index contributed by atoms with van der Waals surface area (Å²) in [5, 5.41) is 2.01. The molecule has 5 heteroatoms. The zero-order valence-corrected chi connectivity index (χ0v) is 10.5. The lowest BCUT2D eigenvalue weighted by molar-refractivity contribution is 0.709. The van der Waals surface area contributed by atoms with Gasteiger partial charge in [-0.25, -0.2) is 4.98 Å². The molecule has 0 amide bonds. The highest BCUT2D eigenvalue weighted by molar-refractivity contribution is 9.11. The summed E-state index contributed by atoms with van der Waals surface area (Å²) in [6, 6.07) is 4.17. The Balaban J connectivity index is 2.05. The summed E-state index contributed by atoms with van der Waals surface area (Å²) in [6.07, 6.45) is 0.861. The van der Waals surface area contributed by atoms with Gasteiger partial charge in [-0.1, -0.05) is 0 Å². The summed E-state index contributed by atoms with van der Waals surface area (Å²) in [5.41, 5.74) is 8.82. The van der Waals surface area contributed by atoms with Crippen molar-refractivity contribution in [2.75, 3.05) is 0 Å². The van der Waals surface area contributed by atoms with Crippen molar-refractivity contribution in [1.29, 1.82) is 0 Å². The quantitative estimate of drug-likeness (QED) is 0.942. The second-order valence-electron chi connectivity index (χ2n) is 2.93. The Bertz CT molecular complexity index is 397. The largest absolute Gasteiger partial charge is 0.322 e. The van der Waals surface area contributed by atoms with Crippen LogP contribution < -0.4 is 5.73 Å². The van der Waals surface area contributed by atoms with Crippen molar-refractivity contribution in [1.82, 2.24) is 4.98 Å². The Kier molecular flexibility index (Phi) is 3.33. The van der Waals surface area contributed by atoms with Crippen LogP contribution in [0.2, 0.25) is 0 Å². The first kappa shape index (κ1) is 10.3. The molecule has 1 unspecified atom stereocenters. The Hall–Kier alpha value is -0.230. The van der Waals surface area contributed by atoms with E-state index in [1.165, 1.54) is 4.88 Å². The molecule has 0 spiro atoms. The van der Waals surface area contributed by atoms with Gasteiger partial charge in [0.25, 0.3) is 0 Å². The summed E-state index contributed by atoms with van der Waals surface area (Å²) >= 11 is 6.75. The van der Waals surface area contributed by atoms with Gasteiger partial charge in [0.1, 0.15) is 0 Å². The average Bonchev–Trinajstić information content (AvgIpc) is 2.75. The van der Waals surface area contributed by atoms with Gasteiger partial charge >= 0.3 is 0 Å². The number of hydrogen-bond donors (Lipinski definition) is 1. The minimum absolute atomic E-state index is 0.0202. The van der Waals surface area contributed by atoms with E-state index in [4.69, 9.17) is 5.73 Å². The second kappa shape index (κ2) is 4.53. The number of thiazole rings is 1. The normalized spacial score (nSPS) is 13.0. The summed E-state index contributed by atoms with van der Waals surface area (Å²) < 4.78 is 1.15. The predicted molar refractivity (Wildman–Crippen MR) is 64.8 cm³/mol. The van der Waals surface area contributed by atoms with Crippen molar-refractivity contribution >= 4 is 38.6 Å². The fourth-order valence-corrected chi connectivity index (χ4v) is 3.35. The Morgan fingerprint density at radius 1 is 1.50 bits per heavy atom. The minimum atomic E-state index is 0.0202. The van der Waals surface area contributed by atoms with E-state index in [0.29, 0.717) is 0 Å². The third-order valence-electron chi connectivity index (χ3n) is 1.88. The van der Waals surface area contributed by atoms with Crippen LogP contribution in [-0.2, 0) is 6.42 Å². The van der Waals surface area contributed by atoms with Crippen molar-refractivity contribution < 1.29 is 0 Å². The fourth-order valence-electron chi connectivity index (χ4n) is 1.19. The van der Waals surface area contributed by atoms with Crippen LogP contribution in [0.3, 0.4) is 0 Å². The van der Waals surface area contributed by atoms with Crippen molar-refractivity contribution in [2.24, 2.45) is 5.73 Å². The van der Waals surface area contributed by atoms with E-state index in [1.807, 2.05) is 17.0 Å². The fraction of sp³-hybridized carbons (Fsp3) is 0.222. The smallest absolute Gasteiger partial charge is 0.0795 e.